The molecule has 0 aromatic heterocycles. The number of phenolic OH excluding ortho intramolecular Hbond substituents is 2. The highest BCUT2D eigenvalue weighted by Gasteiger charge is 2.13. The van der Waals surface area contributed by atoms with Crippen LogP contribution in [0.4, 0.5) is 0 Å². The van der Waals surface area contributed by atoms with Crippen molar-refractivity contribution in [2.24, 2.45) is 5.73 Å². The van der Waals surface area contributed by atoms with Gasteiger partial charge in [0.2, 0.25) is 0 Å². The van der Waals surface area contributed by atoms with Crippen LogP contribution in [0.1, 0.15) is 48.5 Å². The Hall–Kier alpha value is -1.55. The second-order valence-corrected chi connectivity index (χ2v) is 4.44. The molecule has 4 N–H and O–H groups in total. The second kappa shape index (κ2) is 7.01. The number of rotatable bonds is 7. The number of unbranched alkanes of at least 4 members (excludes halogenated alkanes) is 3. The van der Waals surface area contributed by atoms with Crippen LogP contribution in [0.3, 0.4) is 0 Å². The van der Waals surface area contributed by atoms with E-state index >= 15 is 0 Å². The predicted octanol–water partition coefficient (Wildman–Crippen LogP) is 2.36. The Labute approximate surface area is 107 Å². The molecule has 0 aliphatic heterocycles. The molecular weight excluding hydrogens is 230 g/mol. The fraction of sp³-hybridized carbons (Fsp3) is 0.500. The van der Waals surface area contributed by atoms with Gasteiger partial charge < -0.3 is 15.9 Å². The third kappa shape index (κ3) is 3.74. The summed E-state index contributed by atoms with van der Waals surface area (Å²) in [5.74, 6) is -0.486. The van der Waals surface area contributed by atoms with E-state index in [9.17, 15) is 15.0 Å². The van der Waals surface area contributed by atoms with Crippen molar-refractivity contribution >= 4 is 5.78 Å². The molecule has 0 fully saturated rings. The number of phenols is 2. The van der Waals surface area contributed by atoms with Crippen LogP contribution in [0.5, 0.6) is 11.5 Å². The van der Waals surface area contributed by atoms with E-state index in [1.807, 2.05) is 0 Å². The van der Waals surface area contributed by atoms with Gasteiger partial charge in [-0.25, -0.2) is 0 Å². The fourth-order valence-corrected chi connectivity index (χ4v) is 1.90. The molecule has 0 unspecified atom stereocenters. The summed E-state index contributed by atoms with van der Waals surface area (Å²) in [6.07, 6.45) is 5.07. The number of ketones is 1. The first kappa shape index (κ1) is 14.5. The van der Waals surface area contributed by atoms with E-state index in [1.54, 1.807) is 6.07 Å². The van der Waals surface area contributed by atoms with E-state index < -0.39 is 0 Å². The predicted molar refractivity (Wildman–Crippen MR) is 71.0 cm³/mol. The first-order valence-corrected chi connectivity index (χ1v) is 6.38. The molecule has 0 aliphatic carbocycles. The van der Waals surface area contributed by atoms with E-state index in [1.165, 1.54) is 6.07 Å². The van der Waals surface area contributed by atoms with Crippen molar-refractivity contribution in [2.45, 2.75) is 39.0 Å². The third-order valence-corrected chi connectivity index (χ3v) is 2.98. The van der Waals surface area contributed by atoms with Crippen LogP contribution in [0, 0.1) is 0 Å². The molecule has 0 spiro atoms. The highest BCUT2D eigenvalue weighted by molar-refractivity contribution is 6.00. The quantitative estimate of drug-likeness (QED) is 0.513. The molecular formula is C14H21NO3. The zero-order chi connectivity index (χ0) is 13.5. The Morgan fingerprint density at radius 3 is 2.50 bits per heavy atom. The number of nitrogens with two attached hydrogens (primary N) is 1. The van der Waals surface area contributed by atoms with Crippen LogP contribution in [0.2, 0.25) is 0 Å². The van der Waals surface area contributed by atoms with Gasteiger partial charge in [-0.05, 0) is 24.5 Å². The summed E-state index contributed by atoms with van der Waals surface area (Å²) >= 11 is 0. The van der Waals surface area contributed by atoms with Gasteiger partial charge in [0.25, 0.3) is 0 Å². The standard InChI is InChI=1S/C14H21NO3/c1-2-3-4-5-6-10-7-11(14(18)9-15)13(17)8-12(10)16/h7-8,16-17H,2-6,9,15H2,1H3. The van der Waals surface area contributed by atoms with Crippen LogP contribution in [-0.4, -0.2) is 22.5 Å². The van der Waals surface area contributed by atoms with Crippen LogP contribution >= 0.6 is 0 Å². The number of Topliss-reactive ketones (excluding diaryl/α,β-unsaturated/α-hetero) is 1. The summed E-state index contributed by atoms with van der Waals surface area (Å²) in [7, 11) is 0. The Balaban J connectivity index is 2.81. The molecule has 0 bridgehead atoms. The number of hydrogen-bond donors (Lipinski definition) is 3. The maximum absolute atomic E-state index is 11.5. The van der Waals surface area contributed by atoms with Crippen LogP contribution in [0.15, 0.2) is 12.1 Å². The molecule has 0 amide bonds. The van der Waals surface area contributed by atoms with Crippen LogP contribution < -0.4 is 5.73 Å². The lowest BCUT2D eigenvalue weighted by molar-refractivity contribution is 0.0998. The van der Waals surface area contributed by atoms with Gasteiger partial charge in [0.15, 0.2) is 5.78 Å². The zero-order valence-electron chi connectivity index (χ0n) is 10.8. The summed E-state index contributed by atoms with van der Waals surface area (Å²) in [4.78, 5) is 11.5. The van der Waals surface area contributed by atoms with Crippen molar-refractivity contribution < 1.29 is 15.0 Å². The molecule has 18 heavy (non-hydrogen) atoms. The van der Waals surface area contributed by atoms with Crippen LogP contribution in [0.25, 0.3) is 0 Å². The van der Waals surface area contributed by atoms with E-state index in [4.69, 9.17) is 5.73 Å². The normalized spacial score (nSPS) is 10.6. The van der Waals surface area contributed by atoms with Crippen molar-refractivity contribution in [3.05, 3.63) is 23.3 Å². The van der Waals surface area contributed by atoms with E-state index in [2.05, 4.69) is 6.92 Å². The average Bonchev–Trinajstić information content (AvgIpc) is 2.36. The smallest absolute Gasteiger partial charge is 0.180 e. The van der Waals surface area contributed by atoms with Gasteiger partial charge >= 0.3 is 0 Å². The average molecular weight is 251 g/mol. The van der Waals surface area contributed by atoms with Gasteiger partial charge in [0.1, 0.15) is 11.5 Å². The van der Waals surface area contributed by atoms with Crippen molar-refractivity contribution in [1.82, 2.24) is 0 Å². The molecule has 0 saturated heterocycles. The SMILES string of the molecule is CCCCCCc1cc(C(=O)CN)c(O)cc1O. The second-order valence-electron chi connectivity index (χ2n) is 4.44. The fourth-order valence-electron chi connectivity index (χ4n) is 1.90. The van der Waals surface area contributed by atoms with E-state index in [-0.39, 0.29) is 29.4 Å². The van der Waals surface area contributed by atoms with Gasteiger partial charge in [-0.15, -0.1) is 0 Å². The molecule has 4 heteroatoms. The highest BCUT2D eigenvalue weighted by Crippen LogP contribution is 2.28. The molecule has 1 aromatic rings. The van der Waals surface area contributed by atoms with Crippen molar-refractivity contribution in [3.63, 3.8) is 0 Å². The Bertz CT molecular complexity index is 416. The molecule has 0 saturated carbocycles. The van der Waals surface area contributed by atoms with Gasteiger partial charge in [-0.3, -0.25) is 4.79 Å². The number of benzene rings is 1. The summed E-state index contributed by atoms with van der Waals surface area (Å²) in [5, 5.41) is 19.3. The minimum Gasteiger partial charge on any atom is -0.508 e. The number of aromatic hydroxyl groups is 2. The number of hydrogen-bond acceptors (Lipinski definition) is 4. The van der Waals surface area contributed by atoms with Gasteiger partial charge in [-0.1, -0.05) is 26.2 Å². The van der Waals surface area contributed by atoms with E-state index in [0.29, 0.717) is 12.0 Å². The topological polar surface area (TPSA) is 83.6 Å². The molecule has 0 atom stereocenters. The zero-order valence-corrected chi connectivity index (χ0v) is 10.8. The summed E-state index contributed by atoms with van der Waals surface area (Å²) in [5.41, 5.74) is 6.17. The Morgan fingerprint density at radius 1 is 1.17 bits per heavy atom. The van der Waals surface area contributed by atoms with Gasteiger partial charge in [0, 0.05) is 6.07 Å². The van der Waals surface area contributed by atoms with Crippen molar-refractivity contribution in [1.29, 1.82) is 0 Å². The largest absolute Gasteiger partial charge is 0.508 e. The Morgan fingerprint density at radius 2 is 1.89 bits per heavy atom. The maximum atomic E-state index is 11.5. The molecule has 1 rings (SSSR count). The minimum atomic E-state index is -0.317. The Kier molecular flexibility index (Phi) is 5.65. The molecule has 0 heterocycles. The first-order chi connectivity index (χ1) is 8.60. The lowest BCUT2D eigenvalue weighted by Crippen LogP contribution is -2.14. The molecule has 100 valence electrons. The molecule has 0 aliphatic rings. The molecule has 0 radical (unpaired) electrons. The van der Waals surface area contributed by atoms with Gasteiger partial charge in [-0.2, -0.15) is 0 Å². The minimum absolute atomic E-state index is 0.0394. The molecule has 1 aromatic carbocycles. The van der Waals surface area contributed by atoms with Crippen molar-refractivity contribution in [2.75, 3.05) is 6.54 Å². The third-order valence-electron chi connectivity index (χ3n) is 2.98. The monoisotopic (exact) mass is 251 g/mol. The summed E-state index contributed by atoms with van der Waals surface area (Å²) in [6.45, 7) is 1.99. The first-order valence-electron chi connectivity index (χ1n) is 6.38. The van der Waals surface area contributed by atoms with Crippen molar-refractivity contribution in [3.8, 4) is 11.5 Å². The van der Waals surface area contributed by atoms with Crippen LogP contribution in [-0.2, 0) is 6.42 Å². The van der Waals surface area contributed by atoms with Gasteiger partial charge in [0.05, 0.1) is 12.1 Å². The summed E-state index contributed by atoms with van der Waals surface area (Å²) < 4.78 is 0. The van der Waals surface area contributed by atoms with E-state index in [0.717, 1.165) is 25.7 Å². The summed E-state index contributed by atoms with van der Waals surface area (Å²) in [6, 6.07) is 2.77. The lowest BCUT2D eigenvalue weighted by Gasteiger charge is -2.09. The maximum Gasteiger partial charge on any atom is 0.180 e. The number of carbonyl (C=O) groups is 1. The molecule has 4 nitrogen and oxygen atoms in total. The lowest BCUT2D eigenvalue weighted by atomic mass is 10.00. The highest BCUT2D eigenvalue weighted by atomic mass is 16.3. The number of aryl methyl sites for hydroxylation is 1. The number of carbonyl (C=O) groups excluding carboxylic acids is 1.